The third-order valence-corrected chi connectivity index (χ3v) is 1.56. The minimum absolute atomic E-state index is 0. The van der Waals surface area contributed by atoms with Crippen LogP contribution in [-0.2, 0) is 4.74 Å². The van der Waals surface area contributed by atoms with E-state index in [1.165, 1.54) is 0 Å². The van der Waals surface area contributed by atoms with Crippen molar-refractivity contribution in [3.8, 4) is 0 Å². The second-order valence-corrected chi connectivity index (χ2v) is 4.13. The van der Waals surface area contributed by atoms with Crippen LogP contribution >= 0.6 is 12.4 Å². The molecule has 0 unspecified atom stereocenters. The maximum Gasteiger partial charge on any atom is 0.422 e. The molecule has 1 fully saturated rings. The number of amides is 1. The van der Waals surface area contributed by atoms with Crippen LogP contribution < -0.4 is 16.2 Å². The van der Waals surface area contributed by atoms with Gasteiger partial charge in [-0.2, -0.15) is 0 Å². The number of ether oxygens (including phenoxy) is 1. The number of nitrogens with one attached hydrogen (secondary N) is 3. The number of rotatable bonds is 2. The van der Waals surface area contributed by atoms with E-state index in [-0.39, 0.29) is 12.4 Å². The first-order valence-electron chi connectivity index (χ1n) is 4.42. The topological polar surface area (TPSA) is 62.4 Å². The number of hydrazine groups is 1. The minimum atomic E-state index is -0.441. The predicted molar refractivity (Wildman–Crippen MR) is 56.4 cm³/mol. The van der Waals surface area contributed by atoms with Crippen molar-refractivity contribution in [3.05, 3.63) is 0 Å². The van der Waals surface area contributed by atoms with Crippen molar-refractivity contribution in [3.63, 3.8) is 0 Å². The Hall–Kier alpha value is -0.520. The highest BCUT2D eigenvalue weighted by Gasteiger charge is 2.19. The second kappa shape index (κ2) is 5.38. The fraction of sp³-hybridized carbons (Fsp3) is 0.875. The van der Waals surface area contributed by atoms with Gasteiger partial charge in [-0.15, -0.1) is 12.4 Å². The third-order valence-electron chi connectivity index (χ3n) is 1.56. The van der Waals surface area contributed by atoms with E-state index in [4.69, 9.17) is 4.74 Å². The molecule has 3 N–H and O–H groups in total. The average Bonchev–Trinajstić information content (AvgIpc) is 1.78. The van der Waals surface area contributed by atoms with Crippen molar-refractivity contribution >= 4 is 18.5 Å². The summed E-state index contributed by atoms with van der Waals surface area (Å²) in [6.07, 6.45) is -0.431. The Labute approximate surface area is 90.3 Å². The highest BCUT2D eigenvalue weighted by atomic mass is 35.5. The quantitative estimate of drug-likeness (QED) is 0.594. The van der Waals surface area contributed by atoms with Crippen molar-refractivity contribution < 1.29 is 9.53 Å². The largest absolute Gasteiger partial charge is 0.443 e. The summed E-state index contributed by atoms with van der Waals surface area (Å²) < 4.78 is 5.02. The van der Waals surface area contributed by atoms with Gasteiger partial charge >= 0.3 is 6.09 Å². The van der Waals surface area contributed by atoms with Gasteiger partial charge in [-0.1, -0.05) is 0 Å². The average molecular weight is 224 g/mol. The zero-order valence-electron chi connectivity index (χ0n) is 8.72. The smallest absolute Gasteiger partial charge is 0.422 e. The second-order valence-electron chi connectivity index (χ2n) is 4.13. The molecule has 0 aliphatic carbocycles. The Morgan fingerprint density at radius 2 is 2.00 bits per heavy atom. The van der Waals surface area contributed by atoms with E-state index in [0.717, 1.165) is 13.1 Å². The molecule has 1 aliphatic rings. The Balaban J connectivity index is 0.00000169. The van der Waals surface area contributed by atoms with Crippen LogP contribution in [0.1, 0.15) is 20.8 Å². The first-order chi connectivity index (χ1) is 5.97. The van der Waals surface area contributed by atoms with E-state index in [1.54, 1.807) is 0 Å². The Morgan fingerprint density at radius 3 is 2.36 bits per heavy atom. The SMILES string of the molecule is CC(C)(C)OC(=O)NNC1CNC1.Cl. The molecular formula is C8H18ClN3O2. The summed E-state index contributed by atoms with van der Waals surface area (Å²) in [6, 6.07) is 0.326. The van der Waals surface area contributed by atoms with Crippen molar-refractivity contribution in [2.24, 2.45) is 0 Å². The van der Waals surface area contributed by atoms with Gasteiger partial charge in [0, 0.05) is 13.1 Å². The Bertz CT molecular complexity index is 190. The molecule has 0 aromatic heterocycles. The fourth-order valence-corrected chi connectivity index (χ4v) is 0.855. The maximum atomic E-state index is 11.1. The van der Waals surface area contributed by atoms with Gasteiger partial charge in [0.1, 0.15) is 5.60 Å². The van der Waals surface area contributed by atoms with Gasteiger partial charge in [0.15, 0.2) is 0 Å². The number of halogens is 1. The summed E-state index contributed by atoms with van der Waals surface area (Å²) in [4.78, 5) is 11.1. The van der Waals surface area contributed by atoms with Crippen molar-refractivity contribution in [2.75, 3.05) is 13.1 Å². The maximum absolute atomic E-state index is 11.1. The summed E-state index contributed by atoms with van der Waals surface area (Å²) in [6.45, 7) is 7.26. The molecule has 1 saturated heterocycles. The zero-order chi connectivity index (χ0) is 9.90. The van der Waals surface area contributed by atoms with E-state index in [1.807, 2.05) is 20.8 Å². The highest BCUT2D eigenvalue weighted by molar-refractivity contribution is 5.85. The van der Waals surface area contributed by atoms with Crippen LogP contribution in [0.3, 0.4) is 0 Å². The lowest BCUT2D eigenvalue weighted by Crippen LogP contribution is -2.60. The fourth-order valence-electron chi connectivity index (χ4n) is 0.855. The Morgan fingerprint density at radius 1 is 1.43 bits per heavy atom. The molecule has 1 rings (SSSR count). The molecule has 0 spiro atoms. The summed E-state index contributed by atoms with van der Waals surface area (Å²) in [5.74, 6) is 0. The van der Waals surface area contributed by atoms with Crippen LogP contribution in [0.5, 0.6) is 0 Å². The van der Waals surface area contributed by atoms with Crippen LogP contribution in [0.4, 0.5) is 4.79 Å². The lowest BCUT2D eigenvalue weighted by atomic mass is 10.2. The molecule has 0 saturated carbocycles. The molecule has 5 nitrogen and oxygen atoms in total. The van der Waals surface area contributed by atoms with Crippen molar-refractivity contribution in [1.82, 2.24) is 16.2 Å². The van der Waals surface area contributed by atoms with E-state index >= 15 is 0 Å². The summed E-state index contributed by atoms with van der Waals surface area (Å²) in [5.41, 5.74) is 4.90. The number of carbonyl (C=O) groups is 1. The molecule has 84 valence electrons. The summed E-state index contributed by atoms with van der Waals surface area (Å²) >= 11 is 0. The normalized spacial score (nSPS) is 16.5. The van der Waals surface area contributed by atoms with Crippen molar-refractivity contribution in [1.29, 1.82) is 0 Å². The van der Waals surface area contributed by atoms with Gasteiger partial charge < -0.3 is 10.1 Å². The molecule has 0 aromatic carbocycles. The van der Waals surface area contributed by atoms with E-state index in [0.29, 0.717) is 6.04 Å². The van der Waals surface area contributed by atoms with Gasteiger partial charge in [-0.3, -0.25) is 5.43 Å². The molecule has 1 amide bonds. The van der Waals surface area contributed by atoms with E-state index < -0.39 is 11.7 Å². The predicted octanol–water partition coefficient (Wildman–Crippen LogP) is 0.409. The lowest BCUT2D eigenvalue weighted by Gasteiger charge is -2.28. The monoisotopic (exact) mass is 223 g/mol. The molecule has 0 bridgehead atoms. The first-order valence-corrected chi connectivity index (χ1v) is 4.42. The van der Waals surface area contributed by atoms with Crippen molar-refractivity contribution in [2.45, 2.75) is 32.4 Å². The Kier molecular flexibility index (Phi) is 5.18. The molecule has 0 atom stereocenters. The summed E-state index contributed by atoms with van der Waals surface area (Å²) in [5, 5.41) is 3.08. The van der Waals surface area contributed by atoms with Gasteiger partial charge in [0.05, 0.1) is 6.04 Å². The standard InChI is InChI=1S/C8H17N3O2.ClH/c1-8(2,3)13-7(12)11-10-6-4-9-5-6;/h6,9-10H,4-5H2,1-3H3,(H,11,12);1H. The number of carbonyl (C=O) groups excluding carboxylic acids is 1. The van der Waals surface area contributed by atoms with Crippen LogP contribution in [0.15, 0.2) is 0 Å². The minimum Gasteiger partial charge on any atom is -0.443 e. The lowest BCUT2D eigenvalue weighted by molar-refractivity contribution is 0.0480. The molecular weight excluding hydrogens is 206 g/mol. The molecule has 1 heterocycles. The van der Waals surface area contributed by atoms with Crippen LogP contribution in [0, 0.1) is 0 Å². The van der Waals surface area contributed by atoms with Crippen LogP contribution in [0.25, 0.3) is 0 Å². The first kappa shape index (κ1) is 13.5. The zero-order valence-corrected chi connectivity index (χ0v) is 9.53. The van der Waals surface area contributed by atoms with Gasteiger partial charge in [-0.05, 0) is 20.8 Å². The van der Waals surface area contributed by atoms with E-state index in [2.05, 4.69) is 16.2 Å². The highest BCUT2D eigenvalue weighted by Crippen LogP contribution is 2.05. The van der Waals surface area contributed by atoms with Gasteiger partial charge in [-0.25, -0.2) is 10.2 Å². The molecule has 0 radical (unpaired) electrons. The molecule has 6 heteroatoms. The van der Waals surface area contributed by atoms with Crippen LogP contribution in [0.2, 0.25) is 0 Å². The third kappa shape index (κ3) is 5.26. The molecule has 14 heavy (non-hydrogen) atoms. The van der Waals surface area contributed by atoms with Gasteiger partial charge in [0.25, 0.3) is 0 Å². The summed E-state index contributed by atoms with van der Waals surface area (Å²) in [7, 11) is 0. The molecule has 0 aromatic rings. The van der Waals surface area contributed by atoms with Gasteiger partial charge in [0.2, 0.25) is 0 Å². The van der Waals surface area contributed by atoms with Crippen LogP contribution in [-0.4, -0.2) is 30.8 Å². The molecule has 1 aliphatic heterocycles. The number of hydrogen-bond acceptors (Lipinski definition) is 4. The van der Waals surface area contributed by atoms with E-state index in [9.17, 15) is 4.79 Å². The number of hydrogen-bond donors (Lipinski definition) is 3.